The van der Waals surface area contributed by atoms with Gasteiger partial charge in [-0.05, 0) is 28.9 Å². The van der Waals surface area contributed by atoms with Crippen LogP contribution in [0.4, 0.5) is 0 Å². The second-order valence-electron chi connectivity index (χ2n) is 3.75. The molecule has 2 aromatic rings. The van der Waals surface area contributed by atoms with Crippen molar-refractivity contribution in [2.75, 3.05) is 0 Å². The van der Waals surface area contributed by atoms with Crippen LogP contribution < -0.4 is 0 Å². The third-order valence-electron chi connectivity index (χ3n) is 2.58. The zero-order valence-corrected chi connectivity index (χ0v) is 10.7. The van der Waals surface area contributed by atoms with Gasteiger partial charge in [0.25, 0.3) is 0 Å². The Morgan fingerprint density at radius 2 is 2.38 bits per heavy atom. The van der Waals surface area contributed by atoms with E-state index in [9.17, 15) is 5.11 Å². The third-order valence-corrected chi connectivity index (χ3v) is 3.61. The van der Waals surface area contributed by atoms with Crippen LogP contribution in [-0.4, -0.2) is 14.9 Å². The molecule has 2 rings (SSSR count). The minimum absolute atomic E-state index is 0.511. The number of nitrogens with zero attached hydrogens (tertiary/aromatic N) is 2. The summed E-state index contributed by atoms with van der Waals surface area (Å²) < 4.78 is 7.68. The highest BCUT2D eigenvalue weighted by atomic mass is 79.9. The molecule has 1 unspecified atom stereocenters. The summed E-state index contributed by atoms with van der Waals surface area (Å²) >= 11 is 3.47. The van der Waals surface area contributed by atoms with Crippen LogP contribution >= 0.6 is 15.9 Å². The van der Waals surface area contributed by atoms with E-state index in [1.807, 2.05) is 14.0 Å². The number of aliphatic hydroxyl groups excluding tert-OH is 1. The number of aryl methyl sites for hydroxylation is 2. The Morgan fingerprint density at radius 3 is 2.88 bits per heavy atom. The fourth-order valence-corrected chi connectivity index (χ4v) is 2.17. The molecule has 0 aliphatic rings. The van der Waals surface area contributed by atoms with Gasteiger partial charge in [0.1, 0.15) is 0 Å². The average Bonchev–Trinajstić information content (AvgIpc) is 2.83. The van der Waals surface area contributed by atoms with Crippen LogP contribution in [0.25, 0.3) is 0 Å². The number of aliphatic hydroxyl groups is 1. The fraction of sp³-hybridized carbons (Fsp3) is 0.364. The molecule has 1 atom stereocenters. The first-order valence-corrected chi connectivity index (χ1v) is 5.77. The topological polar surface area (TPSA) is 51.2 Å². The minimum Gasteiger partial charge on any atom is -0.472 e. The monoisotopic (exact) mass is 284 g/mol. The van der Waals surface area contributed by atoms with E-state index < -0.39 is 6.10 Å². The predicted octanol–water partition coefficient (Wildman–Crippen LogP) is 2.36. The Bertz CT molecular complexity index is 476. The van der Waals surface area contributed by atoms with Crippen LogP contribution in [0, 0.1) is 6.92 Å². The van der Waals surface area contributed by atoms with E-state index in [2.05, 4.69) is 21.0 Å². The lowest BCUT2D eigenvalue weighted by Crippen LogP contribution is -2.06. The lowest BCUT2D eigenvalue weighted by molar-refractivity contribution is 0.174. The van der Waals surface area contributed by atoms with Gasteiger partial charge in [-0.1, -0.05) is 0 Å². The molecule has 0 saturated heterocycles. The Balaban J connectivity index is 2.21. The van der Waals surface area contributed by atoms with Gasteiger partial charge in [-0.25, -0.2) is 0 Å². The van der Waals surface area contributed by atoms with Gasteiger partial charge in [-0.15, -0.1) is 0 Å². The molecule has 0 spiro atoms. The van der Waals surface area contributed by atoms with Gasteiger partial charge in [-0.3, -0.25) is 4.68 Å². The second kappa shape index (κ2) is 4.43. The molecule has 0 saturated carbocycles. The second-order valence-corrected chi connectivity index (χ2v) is 4.54. The van der Waals surface area contributed by atoms with Gasteiger partial charge in [0.15, 0.2) is 0 Å². The molecular weight excluding hydrogens is 272 g/mol. The minimum atomic E-state index is -0.565. The molecule has 5 heteroatoms. The molecule has 0 amide bonds. The van der Waals surface area contributed by atoms with E-state index in [0.29, 0.717) is 6.42 Å². The van der Waals surface area contributed by atoms with Crippen LogP contribution in [-0.2, 0) is 13.5 Å². The van der Waals surface area contributed by atoms with Crippen LogP contribution in [0.1, 0.15) is 23.1 Å². The molecule has 0 radical (unpaired) electrons. The van der Waals surface area contributed by atoms with Gasteiger partial charge in [-0.2, -0.15) is 5.10 Å². The number of aromatic nitrogens is 2. The average molecular weight is 285 g/mol. The Hall–Kier alpha value is -1.07. The molecular formula is C11H13BrN2O2. The molecule has 0 aromatic carbocycles. The van der Waals surface area contributed by atoms with Crippen molar-refractivity contribution >= 4 is 15.9 Å². The Morgan fingerprint density at radius 1 is 1.62 bits per heavy atom. The standard InChI is InChI=1S/C11H13BrN2O2/c1-7-11(12)9(14(2)13-7)5-10(15)8-3-4-16-6-8/h3-4,6,10,15H,5H2,1-2H3. The molecule has 0 aliphatic carbocycles. The summed E-state index contributed by atoms with van der Waals surface area (Å²) in [6, 6.07) is 1.77. The van der Waals surface area contributed by atoms with Crippen molar-refractivity contribution in [3.8, 4) is 0 Å². The molecule has 0 bridgehead atoms. The van der Waals surface area contributed by atoms with Crippen molar-refractivity contribution in [2.24, 2.45) is 7.05 Å². The maximum Gasteiger partial charge on any atom is 0.0960 e. The molecule has 16 heavy (non-hydrogen) atoms. The number of hydrogen-bond donors (Lipinski definition) is 1. The highest BCUT2D eigenvalue weighted by molar-refractivity contribution is 9.10. The number of rotatable bonds is 3. The molecule has 2 heterocycles. The zero-order valence-electron chi connectivity index (χ0n) is 9.14. The first-order chi connectivity index (χ1) is 7.59. The largest absolute Gasteiger partial charge is 0.472 e. The zero-order chi connectivity index (χ0) is 11.7. The van der Waals surface area contributed by atoms with Crippen molar-refractivity contribution in [3.05, 3.63) is 40.0 Å². The van der Waals surface area contributed by atoms with E-state index in [1.54, 1.807) is 23.3 Å². The normalized spacial score (nSPS) is 13.0. The van der Waals surface area contributed by atoms with Crippen LogP contribution in [0.3, 0.4) is 0 Å². The van der Waals surface area contributed by atoms with Gasteiger partial charge >= 0.3 is 0 Å². The first kappa shape index (κ1) is 11.4. The smallest absolute Gasteiger partial charge is 0.0960 e. The summed E-state index contributed by atoms with van der Waals surface area (Å²) in [4.78, 5) is 0. The molecule has 86 valence electrons. The van der Waals surface area contributed by atoms with E-state index >= 15 is 0 Å². The molecule has 2 aromatic heterocycles. The van der Waals surface area contributed by atoms with Gasteiger partial charge < -0.3 is 9.52 Å². The molecule has 1 N–H and O–H groups in total. The maximum atomic E-state index is 10.00. The van der Waals surface area contributed by atoms with Gasteiger partial charge in [0, 0.05) is 19.0 Å². The van der Waals surface area contributed by atoms with Crippen molar-refractivity contribution in [1.82, 2.24) is 9.78 Å². The van der Waals surface area contributed by atoms with Crippen LogP contribution in [0.15, 0.2) is 27.5 Å². The van der Waals surface area contributed by atoms with Crippen molar-refractivity contribution in [3.63, 3.8) is 0 Å². The van der Waals surface area contributed by atoms with Crippen molar-refractivity contribution in [1.29, 1.82) is 0 Å². The number of furan rings is 1. The highest BCUT2D eigenvalue weighted by Gasteiger charge is 2.16. The van der Waals surface area contributed by atoms with Crippen LogP contribution in [0.5, 0.6) is 0 Å². The van der Waals surface area contributed by atoms with Crippen molar-refractivity contribution < 1.29 is 9.52 Å². The Kier molecular flexibility index (Phi) is 3.16. The number of hydrogen-bond acceptors (Lipinski definition) is 3. The summed E-state index contributed by atoms with van der Waals surface area (Å²) in [6.45, 7) is 1.93. The fourth-order valence-electron chi connectivity index (χ4n) is 1.67. The third kappa shape index (κ3) is 2.05. The van der Waals surface area contributed by atoms with Gasteiger partial charge in [0.2, 0.25) is 0 Å². The SMILES string of the molecule is Cc1nn(C)c(CC(O)c2ccoc2)c1Br. The lowest BCUT2D eigenvalue weighted by Gasteiger charge is -2.08. The summed E-state index contributed by atoms with van der Waals surface area (Å²) in [6.07, 6.45) is 3.06. The summed E-state index contributed by atoms with van der Waals surface area (Å²) in [7, 11) is 1.87. The molecule has 0 aliphatic heterocycles. The van der Waals surface area contributed by atoms with E-state index in [0.717, 1.165) is 21.4 Å². The van der Waals surface area contributed by atoms with E-state index in [4.69, 9.17) is 4.42 Å². The maximum absolute atomic E-state index is 10.00. The molecule has 0 fully saturated rings. The summed E-state index contributed by atoms with van der Waals surface area (Å²) in [5, 5.41) is 14.3. The molecule has 4 nitrogen and oxygen atoms in total. The van der Waals surface area contributed by atoms with Crippen molar-refractivity contribution in [2.45, 2.75) is 19.4 Å². The summed E-state index contributed by atoms with van der Waals surface area (Å²) in [5.74, 6) is 0. The van der Waals surface area contributed by atoms with Gasteiger partial charge in [0.05, 0.1) is 34.5 Å². The highest BCUT2D eigenvalue weighted by Crippen LogP contribution is 2.25. The van der Waals surface area contributed by atoms with Crippen LogP contribution in [0.2, 0.25) is 0 Å². The van der Waals surface area contributed by atoms with E-state index in [-0.39, 0.29) is 0 Å². The first-order valence-electron chi connectivity index (χ1n) is 4.97. The summed E-state index contributed by atoms with van der Waals surface area (Å²) in [5.41, 5.74) is 2.69. The number of halogens is 1. The lowest BCUT2D eigenvalue weighted by atomic mass is 10.1. The Labute approximate surface area is 102 Å². The van der Waals surface area contributed by atoms with E-state index in [1.165, 1.54) is 0 Å². The quantitative estimate of drug-likeness (QED) is 0.941. The predicted molar refractivity (Wildman–Crippen MR) is 63.0 cm³/mol.